The summed E-state index contributed by atoms with van der Waals surface area (Å²) in [5.74, 6) is 1.76. The number of benzene rings is 2. The van der Waals surface area contributed by atoms with Crippen LogP contribution in [0.25, 0.3) is 11.4 Å². The molecule has 8 heteroatoms. The zero-order valence-corrected chi connectivity index (χ0v) is 17.3. The summed E-state index contributed by atoms with van der Waals surface area (Å²) >= 11 is 0. The van der Waals surface area contributed by atoms with Gasteiger partial charge >= 0.3 is 0 Å². The molecule has 1 aromatic heterocycles. The predicted octanol–water partition coefficient (Wildman–Crippen LogP) is 2.88. The average molecular weight is 409 g/mol. The van der Waals surface area contributed by atoms with Crippen LogP contribution in [0.4, 0.5) is 5.69 Å². The number of nitrogens with zero attached hydrogens (tertiary/aromatic N) is 2. The van der Waals surface area contributed by atoms with Crippen LogP contribution in [0.2, 0.25) is 0 Å². The highest BCUT2D eigenvalue weighted by Gasteiger charge is 2.14. The summed E-state index contributed by atoms with van der Waals surface area (Å²) in [6, 6.07) is 13.6. The Balaban J connectivity index is 1.88. The number of carbonyl (C=O) groups excluding carboxylic acids is 1. The minimum atomic E-state index is -0.371. The van der Waals surface area contributed by atoms with Crippen LogP contribution in [0.5, 0.6) is 17.2 Å². The highest BCUT2D eigenvalue weighted by atomic mass is 16.5. The molecule has 0 aliphatic carbocycles. The fourth-order valence-corrected chi connectivity index (χ4v) is 2.99. The molecule has 8 nitrogen and oxygen atoms in total. The van der Waals surface area contributed by atoms with Crippen molar-refractivity contribution in [2.75, 3.05) is 26.6 Å². The van der Waals surface area contributed by atoms with Gasteiger partial charge in [-0.1, -0.05) is 0 Å². The molecule has 30 heavy (non-hydrogen) atoms. The van der Waals surface area contributed by atoms with E-state index in [0.29, 0.717) is 40.0 Å². The average Bonchev–Trinajstić information content (AvgIpc) is 2.75. The summed E-state index contributed by atoms with van der Waals surface area (Å²) in [7, 11) is 4.63. The molecule has 3 aromatic rings. The number of aryl methyl sites for hydroxylation is 1. The molecule has 3 rings (SSSR count). The molecule has 0 saturated heterocycles. The van der Waals surface area contributed by atoms with Crippen molar-refractivity contribution in [3.05, 3.63) is 64.6 Å². The zero-order chi connectivity index (χ0) is 21.7. The van der Waals surface area contributed by atoms with Gasteiger partial charge in [0.2, 0.25) is 5.91 Å². The molecule has 0 radical (unpaired) electrons. The molecule has 0 aliphatic rings. The summed E-state index contributed by atoms with van der Waals surface area (Å²) in [5.41, 5.74) is 1.49. The molecule has 0 spiro atoms. The van der Waals surface area contributed by atoms with Gasteiger partial charge in [-0.25, -0.2) is 4.98 Å². The smallest absolute Gasteiger partial charge is 0.254 e. The molecule has 1 amide bonds. The first-order valence-electron chi connectivity index (χ1n) is 9.20. The Hall–Kier alpha value is -3.81. The van der Waals surface area contributed by atoms with Crippen LogP contribution in [-0.2, 0) is 11.3 Å². The van der Waals surface area contributed by atoms with Gasteiger partial charge in [0.15, 0.2) is 11.5 Å². The maximum Gasteiger partial charge on any atom is 0.254 e. The third kappa shape index (κ3) is 4.60. The second-order valence-electron chi connectivity index (χ2n) is 6.49. The highest BCUT2D eigenvalue weighted by Crippen LogP contribution is 2.29. The number of anilines is 1. The van der Waals surface area contributed by atoms with E-state index in [1.165, 1.54) is 24.9 Å². The second kappa shape index (κ2) is 9.13. The monoisotopic (exact) mass is 409 g/mol. The zero-order valence-electron chi connectivity index (χ0n) is 17.3. The Labute approximate surface area is 174 Å². The predicted molar refractivity (Wildman–Crippen MR) is 113 cm³/mol. The number of methoxy groups -OCH3 is 3. The molecule has 0 atom stereocenters. The maximum atomic E-state index is 12.7. The van der Waals surface area contributed by atoms with E-state index in [4.69, 9.17) is 14.2 Å². The van der Waals surface area contributed by atoms with Crippen molar-refractivity contribution in [1.29, 1.82) is 0 Å². The number of ether oxygens (including phenoxy) is 3. The molecular formula is C22H23N3O5. The number of amides is 1. The molecule has 0 fully saturated rings. The summed E-state index contributed by atoms with van der Waals surface area (Å²) in [6.45, 7) is 1.55. The first-order chi connectivity index (χ1) is 14.4. The lowest BCUT2D eigenvalue weighted by Crippen LogP contribution is -2.29. The van der Waals surface area contributed by atoms with E-state index < -0.39 is 0 Å². The lowest BCUT2D eigenvalue weighted by molar-refractivity contribution is -0.116. The van der Waals surface area contributed by atoms with E-state index >= 15 is 0 Å². The fraction of sp³-hybridized carbons (Fsp3) is 0.227. The van der Waals surface area contributed by atoms with Crippen molar-refractivity contribution < 1.29 is 19.0 Å². The lowest BCUT2D eigenvalue weighted by atomic mass is 10.2. The maximum absolute atomic E-state index is 12.7. The molecule has 156 valence electrons. The fourth-order valence-electron chi connectivity index (χ4n) is 2.99. The van der Waals surface area contributed by atoms with Gasteiger partial charge in [-0.05, 0) is 43.3 Å². The van der Waals surface area contributed by atoms with Crippen LogP contribution >= 0.6 is 0 Å². The summed E-state index contributed by atoms with van der Waals surface area (Å²) < 4.78 is 17.0. The molecule has 0 saturated carbocycles. The number of aromatic nitrogens is 2. The Morgan fingerprint density at radius 2 is 1.67 bits per heavy atom. The topological polar surface area (TPSA) is 91.7 Å². The number of carbonyl (C=O) groups is 1. The second-order valence-corrected chi connectivity index (χ2v) is 6.49. The van der Waals surface area contributed by atoms with Gasteiger partial charge in [-0.3, -0.25) is 14.2 Å². The Morgan fingerprint density at radius 1 is 0.967 bits per heavy atom. The van der Waals surface area contributed by atoms with Crippen molar-refractivity contribution in [3.8, 4) is 28.6 Å². The molecule has 0 unspecified atom stereocenters. The number of hydrogen-bond donors (Lipinski definition) is 1. The van der Waals surface area contributed by atoms with E-state index in [1.54, 1.807) is 56.5 Å². The summed E-state index contributed by atoms with van der Waals surface area (Å²) in [6.07, 6.45) is 0. The van der Waals surface area contributed by atoms with Crippen LogP contribution in [0.1, 0.15) is 5.69 Å². The van der Waals surface area contributed by atoms with Crippen LogP contribution < -0.4 is 25.1 Å². The van der Waals surface area contributed by atoms with Gasteiger partial charge < -0.3 is 19.5 Å². The van der Waals surface area contributed by atoms with Crippen molar-refractivity contribution in [2.45, 2.75) is 13.5 Å². The quantitative estimate of drug-likeness (QED) is 0.645. The first kappa shape index (κ1) is 20.9. The van der Waals surface area contributed by atoms with Crippen molar-refractivity contribution in [1.82, 2.24) is 9.55 Å². The van der Waals surface area contributed by atoms with Crippen LogP contribution in [0, 0.1) is 6.92 Å². The van der Waals surface area contributed by atoms with Gasteiger partial charge in [-0.15, -0.1) is 0 Å². The third-order valence-electron chi connectivity index (χ3n) is 4.45. The molecule has 0 aliphatic heterocycles. The van der Waals surface area contributed by atoms with E-state index in [-0.39, 0.29) is 18.0 Å². The van der Waals surface area contributed by atoms with Crippen molar-refractivity contribution in [3.63, 3.8) is 0 Å². The molecule has 1 N–H and O–H groups in total. The van der Waals surface area contributed by atoms with Gasteiger partial charge in [0.1, 0.15) is 18.1 Å². The van der Waals surface area contributed by atoms with E-state index in [1.807, 2.05) is 0 Å². The SMILES string of the molecule is COc1ccc(-c2nc(C)cc(=O)n2CC(=O)Nc2ccc(OC)c(OC)c2)cc1. The Bertz CT molecular complexity index is 1110. The standard InChI is InChI=1S/C22H23N3O5/c1-14-11-21(27)25(22(23-14)15-5-8-17(28-2)9-6-15)13-20(26)24-16-7-10-18(29-3)19(12-16)30-4/h5-12H,13H2,1-4H3,(H,24,26). The summed E-state index contributed by atoms with van der Waals surface area (Å²) in [4.78, 5) is 29.8. The van der Waals surface area contributed by atoms with Gasteiger partial charge in [0.25, 0.3) is 5.56 Å². The van der Waals surface area contributed by atoms with Gasteiger partial charge in [-0.2, -0.15) is 0 Å². The Kier molecular flexibility index (Phi) is 6.36. The number of rotatable bonds is 7. The lowest BCUT2D eigenvalue weighted by Gasteiger charge is -2.14. The van der Waals surface area contributed by atoms with Crippen LogP contribution in [0.3, 0.4) is 0 Å². The Morgan fingerprint density at radius 3 is 2.30 bits per heavy atom. The minimum Gasteiger partial charge on any atom is -0.497 e. The normalized spacial score (nSPS) is 10.4. The van der Waals surface area contributed by atoms with E-state index in [2.05, 4.69) is 10.3 Å². The number of hydrogen-bond acceptors (Lipinski definition) is 6. The van der Waals surface area contributed by atoms with Gasteiger partial charge in [0.05, 0.1) is 21.3 Å². The minimum absolute atomic E-state index is 0.193. The highest BCUT2D eigenvalue weighted by molar-refractivity contribution is 5.91. The molecular weight excluding hydrogens is 386 g/mol. The summed E-state index contributed by atoms with van der Waals surface area (Å²) in [5, 5.41) is 2.77. The number of nitrogens with one attached hydrogen (secondary N) is 1. The molecule has 0 bridgehead atoms. The van der Waals surface area contributed by atoms with Crippen molar-refractivity contribution in [2.24, 2.45) is 0 Å². The van der Waals surface area contributed by atoms with Crippen LogP contribution in [-0.4, -0.2) is 36.8 Å². The molecule has 2 aromatic carbocycles. The van der Waals surface area contributed by atoms with Gasteiger partial charge in [0, 0.05) is 29.1 Å². The third-order valence-corrected chi connectivity index (χ3v) is 4.45. The first-order valence-corrected chi connectivity index (χ1v) is 9.20. The van der Waals surface area contributed by atoms with Crippen LogP contribution in [0.15, 0.2) is 53.3 Å². The van der Waals surface area contributed by atoms with Crippen molar-refractivity contribution >= 4 is 11.6 Å². The van der Waals surface area contributed by atoms with E-state index in [0.717, 1.165) is 0 Å². The van der Waals surface area contributed by atoms with E-state index in [9.17, 15) is 9.59 Å². The molecule has 1 heterocycles. The largest absolute Gasteiger partial charge is 0.497 e.